The molecule has 1 unspecified atom stereocenters. The fourth-order valence-corrected chi connectivity index (χ4v) is 2.53. The number of nitrogens with zero attached hydrogens (tertiary/aromatic N) is 2. The monoisotopic (exact) mass is 353 g/mol. The van der Waals surface area contributed by atoms with Crippen LogP contribution in [0.2, 0.25) is 0 Å². The molecule has 0 saturated heterocycles. The van der Waals surface area contributed by atoms with Crippen molar-refractivity contribution in [1.82, 2.24) is 5.32 Å². The van der Waals surface area contributed by atoms with Crippen molar-refractivity contribution in [3.8, 4) is 0 Å². The molecule has 1 aromatic carbocycles. The second-order valence-corrected chi connectivity index (χ2v) is 6.26. The Kier molecular flexibility index (Phi) is 5.10. The average Bonchev–Trinajstić information content (AvgIpc) is 2.78. The minimum atomic E-state index is -4.30. The summed E-state index contributed by atoms with van der Waals surface area (Å²) >= 11 is 0. The van der Waals surface area contributed by atoms with Crippen LogP contribution in [0.15, 0.2) is 50.7 Å². The number of hydrogen-bond donors (Lipinski definition) is 2. The maximum atomic E-state index is 11.9. The zero-order valence-electron chi connectivity index (χ0n) is 12.9. The number of nitrogens with one attached hydrogen (secondary N) is 1. The van der Waals surface area contributed by atoms with Gasteiger partial charge in [-0.2, -0.15) is 18.6 Å². The number of benzene rings is 1. The van der Waals surface area contributed by atoms with Crippen molar-refractivity contribution in [3.63, 3.8) is 0 Å². The van der Waals surface area contributed by atoms with Crippen LogP contribution in [-0.2, 0) is 24.4 Å². The molecular formula is C14H15N3O6S. The third-order valence-corrected chi connectivity index (χ3v) is 4.02. The van der Waals surface area contributed by atoms with Crippen molar-refractivity contribution in [3.05, 3.63) is 35.5 Å². The molecule has 0 radical (unpaired) electrons. The smallest absolute Gasteiger partial charge is 0.338 e. The summed E-state index contributed by atoms with van der Waals surface area (Å²) in [5, 5.41) is 10.2. The fourth-order valence-electron chi connectivity index (χ4n) is 2.05. The third-order valence-electron chi connectivity index (χ3n) is 3.16. The quantitative estimate of drug-likeness (QED) is 0.466. The van der Waals surface area contributed by atoms with Gasteiger partial charge in [0.15, 0.2) is 6.04 Å². The number of hydrogen-bond acceptors (Lipinski definition) is 7. The van der Waals surface area contributed by atoms with Gasteiger partial charge in [0.05, 0.1) is 22.8 Å². The van der Waals surface area contributed by atoms with Crippen molar-refractivity contribution >= 4 is 27.7 Å². The Hall–Kier alpha value is -2.59. The first-order valence-electron chi connectivity index (χ1n) is 6.91. The van der Waals surface area contributed by atoms with Gasteiger partial charge in [-0.05, 0) is 38.1 Å². The van der Waals surface area contributed by atoms with Crippen LogP contribution in [0.3, 0.4) is 0 Å². The highest BCUT2D eigenvalue weighted by Gasteiger charge is 2.37. The van der Waals surface area contributed by atoms with Gasteiger partial charge < -0.3 is 10.1 Å². The van der Waals surface area contributed by atoms with Crippen molar-refractivity contribution in [1.29, 1.82) is 0 Å². The Morgan fingerprint density at radius 2 is 1.96 bits per heavy atom. The maximum Gasteiger partial charge on any atom is 0.338 e. The topological polar surface area (TPSA) is 134 Å². The lowest BCUT2D eigenvalue weighted by Crippen LogP contribution is -2.26. The summed E-state index contributed by atoms with van der Waals surface area (Å²) in [6.45, 7) is 3.36. The van der Waals surface area contributed by atoms with E-state index in [1.807, 2.05) is 0 Å². The molecule has 0 fully saturated rings. The molecule has 1 amide bonds. The predicted octanol–water partition coefficient (Wildman–Crippen LogP) is 1.35. The van der Waals surface area contributed by atoms with Crippen LogP contribution in [0.5, 0.6) is 0 Å². The van der Waals surface area contributed by atoms with E-state index in [1.54, 1.807) is 13.8 Å². The minimum Gasteiger partial charge on any atom is -0.463 e. The standard InChI is InChI=1S/C14H15N3O6S/c1-3-23-14(19)11-8(2)15-13(18)12(11)17-16-9-4-6-10(7-5-9)24(20,21)22/h4-7,12H,3H2,1-2H3,(H,15,18)(H,20,21,22). The Bertz CT molecular complexity index is 827. The van der Waals surface area contributed by atoms with E-state index in [-0.39, 0.29) is 22.8 Å². The molecule has 1 aliphatic heterocycles. The number of rotatable bonds is 5. The molecule has 1 atom stereocenters. The summed E-state index contributed by atoms with van der Waals surface area (Å²) < 4.78 is 35.7. The molecule has 1 aliphatic rings. The fraction of sp³-hybridized carbons (Fsp3) is 0.286. The molecule has 2 rings (SSSR count). The molecule has 2 N–H and O–H groups in total. The predicted molar refractivity (Wildman–Crippen MR) is 82.0 cm³/mol. The number of allylic oxidation sites excluding steroid dienone is 1. The molecule has 0 aromatic heterocycles. The largest absolute Gasteiger partial charge is 0.463 e. The van der Waals surface area contributed by atoms with Crippen molar-refractivity contribution in [2.24, 2.45) is 10.2 Å². The van der Waals surface area contributed by atoms with Gasteiger partial charge in [0.1, 0.15) is 0 Å². The molecule has 0 bridgehead atoms. The van der Waals surface area contributed by atoms with E-state index in [2.05, 4.69) is 15.5 Å². The summed E-state index contributed by atoms with van der Waals surface area (Å²) in [4.78, 5) is 23.5. The molecule has 1 aromatic rings. The lowest BCUT2D eigenvalue weighted by molar-refractivity contribution is -0.139. The Morgan fingerprint density at radius 3 is 2.50 bits per heavy atom. The first-order chi connectivity index (χ1) is 11.2. The van der Waals surface area contributed by atoms with E-state index < -0.39 is 28.0 Å². The number of carbonyl (C=O) groups excluding carboxylic acids is 2. The number of esters is 1. The van der Waals surface area contributed by atoms with Crippen LogP contribution in [0, 0.1) is 0 Å². The summed E-state index contributed by atoms with van der Waals surface area (Å²) in [7, 11) is -4.30. The van der Waals surface area contributed by atoms with Crippen LogP contribution < -0.4 is 5.32 Å². The second kappa shape index (κ2) is 6.89. The van der Waals surface area contributed by atoms with Gasteiger partial charge in [0.25, 0.3) is 16.0 Å². The number of amides is 1. The first-order valence-corrected chi connectivity index (χ1v) is 8.35. The van der Waals surface area contributed by atoms with E-state index in [9.17, 15) is 18.0 Å². The van der Waals surface area contributed by atoms with Gasteiger partial charge >= 0.3 is 5.97 Å². The molecule has 24 heavy (non-hydrogen) atoms. The second-order valence-electron chi connectivity index (χ2n) is 4.84. The lowest BCUT2D eigenvalue weighted by atomic mass is 10.1. The van der Waals surface area contributed by atoms with Crippen LogP contribution >= 0.6 is 0 Å². The van der Waals surface area contributed by atoms with Crippen molar-refractivity contribution < 1.29 is 27.3 Å². The van der Waals surface area contributed by atoms with Crippen LogP contribution in [0.25, 0.3) is 0 Å². The Morgan fingerprint density at radius 1 is 1.33 bits per heavy atom. The maximum absolute atomic E-state index is 11.9. The molecule has 128 valence electrons. The normalized spacial score (nSPS) is 18.1. The first kappa shape index (κ1) is 17.8. The van der Waals surface area contributed by atoms with E-state index in [0.29, 0.717) is 5.70 Å². The van der Waals surface area contributed by atoms with Gasteiger partial charge in [0, 0.05) is 5.70 Å². The molecule has 1 heterocycles. The summed E-state index contributed by atoms with van der Waals surface area (Å²) in [6, 6.07) is 3.77. The van der Waals surface area contributed by atoms with E-state index in [1.165, 1.54) is 12.1 Å². The van der Waals surface area contributed by atoms with E-state index in [4.69, 9.17) is 9.29 Å². The minimum absolute atomic E-state index is 0.0835. The van der Waals surface area contributed by atoms with Gasteiger partial charge in [-0.25, -0.2) is 4.79 Å². The van der Waals surface area contributed by atoms with Crippen LogP contribution in [0.1, 0.15) is 13.8 Å². The van der Waals surface area contributed by atoms with Gasteiger partial charge in [-0.3, -0.25) is 9.35 Å². The van der Waals surface area contributed by atoms with Gasteiger partial charge in [-0.15, -0.1) is 0 Å². The molecule has 0 saturated carbocycles. The zero-order chi connectivity index (χ0) is 17.9. The number of azo groups is 1. The molecule has 0 spiro atoms. The molecular weight excluding hydrogens is 338 g/mol. The van der Waals surface area contributed by atoms with Crippen molar-refractivity contribution in [2.75, 3.05) is 6.61 Å². The molecule has 9 nitrogen and oxygen atoms in total. The Balaban J connectivity index is 2.23. The number of ether oxygens (including phenoxy) is 1. The number of carbonyl (C=O) groups is 2. The Labute approximate surface area is 138 Å². The summed E-state index contributed by atoms with van der Waals surface area (Å²) in [5.41, 5.74) is 0.687. The molecule has 0 aliphatic carbocycles. The summed E-state index contributed by atoms with van der Waals surface area (Å²) in [5.74, 6) is -1.16. The average molecular weight is 353 g/mol. The van der Waals surface area contributed by atoms with Crippen molar-refractivity contribution in [2.45, 2.75) is 24.8 Å². The highest BCUT2D eigenvalue weighted by atomic mass is 32.2. The SMILES string of the molecule is CCOC(=O)C1=C(C)NC(=O)C1N=Nc1ccc(S(=O)(=O)O)cc1. The highest BCUT2D eigenvalue weighted by molar-refractivity contribution is 7.85. The highest BCUT2D eigenvalue weighted by Crippen LogP contribution is 2.23. The molecule has 10 heteroatoms. The lowest BCUT2D eigenvalue weighted by Gasteiger charge is -2.06. The van der Waals surface area contributed by atoms with Crippen LogP contribution in [-0.4, -0.2) is 37.5 Å². The van der Waals surface area contributed by atoms with Crippen LogP contribution in [0.4, 0.5) is 5.69 Å². The zero-order valence-corrected chi connectivity index (χ0v) is 13.7. The van der Waals surface area contributed by atoms with Gasteiger partial charge in [-0.1, -0.05) is 0 Å². The van der Waals surface area contributed by atoms with Gasteiger partial charge in [0.2, 0.25) is 0 Å². The van der Waals surface area contributed by atoms with E-state index >= 15 is 0 Å². The summed E-state index contributed by atoms with van der Waals surface area (Å²) in [6.07, 6.45) is 0. The third kappa shape index (κ3) is 3.84. The van der Waals surface area contributed by atoms with E-state index in [0.717, 1.165) is 12.1 Å².